The average Bonchev–Trinajstić information content (AvgIpc) is 2.31. The molecule has 2 amide bonds. The highest BCUT2D eigenvalue weighted by atomic mass is 16.4. The second-order valence-corrected chi connectivity index (χ2v) is 4.98. The van der Waals surface area contributed by atoms with Gasteiger partial charge < -0.3 is 19.8 Å². The van der Waals surface area contributed by atoms with Gasteiger partial charge in [-0.15, -0.1) is 0 Å². The second kappa shape index (κ2) is 6.58. The van der Waals surface area contributed by atoms with Gasteiger partial charge in [0.2, 0.25) is 0 Å². The number of carbonyl (C=O) groups is 2. The van der Waals surface area contributed by atoms with Gasteiger partial charge in [-0.05, 0) is 20.4 Å². The van der Waals surface area contributed by atoms with Crippen LogP contribution in [0.15, 0.2) is 0 Å². The number of rotatable bonds is 4. The monoisotopic (exact) mass is 257 g/mol. The summed E-state index contributed by atoms with van der Waals surface area (Å²) in [5, 5.41) is 8.56. The van der Waals surface area contributed by atoms with Crippen LogP contribution in [0, 0.1) is 0 Å². The average molecular weight is 257 g/mol. The van der Waals surface area contributed by atoms with E-state index in [-0.39, 0.29) is 12.5 Å². The lowest BCUT2D eigenvalue weighted by Crippen LogP contribution is -2.54. The molecule has 1 fully saturated rings. The highest BCUT2D eigenvalue weighted by molar-refractivity contribution is 5.74. The molecule has 1 N–H and O–H groups in total. The third-order valence-corrected chi connectivity index (χ3v) is 3.44. The number of carboxylic acids is 1. The van der Waals surface area contributed by atoms with Gasteiger partial charge in [0.25, 0.3) is 0 Å². The van der Waals surface area contributed by atoms with Crippen molar-refractivity contribution in [2.75, 3.05) is 40.3 Å². The quantitative estimate of drug-likeness (QED) is 0.798. The van der Waals surface area contributed by atoms with Crippen molar-refractivity contribution in [2.45, 2.75) is 25.8 Å². The summed E-state index contributed by atoms with van der Waals surface area (Å²) >= 11 is 0. The highest BCUT2D eigenvalue weighted by Crippen LogP contribution is 2.09. The topological polar surface area (TPSA) is 64.1 Å². The van der Waals surface area contributed by atoms with E-state index in [9.17, 15) is 9.59 Å². The Kier molecular flexibility index (Phi) is 5.40. The van der Waals surface area contributed by atoms with Crippen molar-refractivity contribution in [1.29, 1.82) is 0 Å². The first-order valence-corrected chi connectivity index (χ1v) is 6.34. The normalized spacial score (nSPS) is 20.8. The Morgan fingerprint density at radius 2 is 2.06 bits per heavy atom. The number of carbonyl (C=O) groups excluding carboxylic acids is 1. The van der Waals surface area contributed by atoms with Gasteiger partial charge in [0.05, 0.1) is 0 Å². The fourth-order valence-corrected chi connectivity index (χ4v) is 2.03. The van der Waals surface area contributed by atoms with Gasteiger partial charge in [0, 0.05) is 45.7 Å². The minimum absolute atomic E-state index is 0.000314. The van der Waals surface area contributed by atoms with Crippen molar-refractivity contribution in [1.82, 2.24) is 14.7 Å². The van der Waals surface area contributed by atoms with E-state index in [1.54, 1.807) is 11.9 Å². The van der Waals surface area contributed by atoms with Crippen LogP contribution in [0.3, 0.4) is 0 Å². The van der Waals surface area contributed by atoms with E-state index in [0.717, 1.165) is 19.6 Å². The number of hydrogen-bond donors (Lipinski definition) is 1. The molecule has 1 rings (SSSR count). The van der Waals surface area contributed by atoms with Crippen LogP contribution in [0.4, 0.5) is 4.79 Å². The SMILES string of the molecule is CC1CN(C(=O)N(C)CCCC(=O)O)CCN1C. The predicted molar refractivity (Wildman–Crippen MR) is 68.6 cm³/mol. The minimum Gasteiger partial charge on any atom is -0.481 e. The molecular weight excluding hydrogens is 234 g/mol. The maximum absolute atomic E-state index is 12.1. The Morgan fingerprint density at radius 3 is 2.61 bits per heavy atom. The van der Waals surface area contributed by atoms with E-state index >= 15 is 0 Å². The number of carboxylic acid groups (broad SMARTS) is 1. The Balaban J connectivity index is 2.36. The van der Waals surface area contributed by atoms with Crippen molar-refractivity contribution in [3.8, 4) is 0 Å². The maximum atomic E-state index is 12.1. The Morgan fingerprint density at radius 1 is 1.39 bits per heavy atom. The lowest BCUT2D eigenvalue weighted by Gasteiger charge is -2.39. The summed E-state index contributed by atoms with van der Waals surface area (Å²) in [6.07, 6.45) is 0.609. The molecule has 0 aliphatic carbocycles. The minimum atomic E-state index is -0.816. The van der Waals surface area contributed by atoms with Gasteiger partial charge in [-0.25, -0.2) is 4.79 Å². The molecule has 1 unspecified atom stereocenters. The number of piperazine rings is 1. The van der Waals surface area contributed by atoms with E-state index in [4.69, 9.17) is 5.11 Å². The first kappa shape index (κ1) is 14.8. The van der Waals surface area contributed by atoms with Crippen LogP contribution >= 0.6 is 0 Å². The van der Waals surface area contributed by atoms with Crippen LogP contribution in [0.25, 0.3) is 0 Å². The molecule has 104 valence electrons. The first-order chi connectivity index (χ1) is 8.41. The van der Waals surface area contributed by atoms with Crippen LogP contribution in [0.2, 0.25) is 0 Å². The molecule has 0 saturated carbocycles. The number of likely N-dealkylation sites (N-methyl/N-ethyl adjacent to an activating group) is 1. The fraction of sp³-hybridized carbons (Fsp3) is 0.833. The third-order valence-electron chi connectivity index (χ3n) is 3.44. The number of amides is 2. The van der Waals surface area contributed by atoms with Crippen LogP contribution in [0.5, 0.6) is 0 Å². The highest BCUT2D eigenvalue weighted by Gasteiger charge is 2.25. The third kappa shape index (κ3) is 4.18. The molecule has 1 saturated heterocycles. The second-order valence-electron chi connectivity index (χ2n) is 4.98. The van der Waals surface area contributed by atoms with Crippen LogP contribution in [0.1, 0.15) is 19.8 Å². The molecule has 0 spiro atoms. The summed E-state index contributed by atoms with van der Waals surface area (Å²) in [5.41, 5.74) is 0. The van der Waals surface area contributed by atoms with Crippen molar-refractivity contribution >= 4 is 12.0 Å². The van der Waals surface area contributed by atoms with Crippen LogP contribution < -0.4 is 0 Å². The summed E-state index contributed by atoms with van der Waals surface area (Å²) in [6, 6.07) is 0.371. The molecule has 0 aromatic carbocycles. The van der Waals surface area contributed by atoms with E-state index in [0.29, 0.717) is 19.0 Å². The molecule has 6 nitrogen and oxygen atoms in total. The Bertz CT molecular complexity index is 309. The largest absolute Gasteiger partial charge is 0.481 e. The lowest BCUT2D eigenvalue weighted by atomic mass is 10.2. The van der Waals surface area contributed by atoms with E-state index in [1.807, 2.05) is 4.90 Å². The van der Waals surface area contributed by atoms with Crippen LogP contribution in [-0.2, 0) is 4.79 Å². The summed E-state index contributed by atoms with van der Waals surface area (Å²) < 4.78 is 0. The van der Waals surface area contributed by atoms with Crippen LogP contribution in [-0.4, -0.2) is 78.1 Å². The zero-order chi connectivity index (χ0) is 13.7. The molecular formula is C12H23N3O3. The first-order valence-electron chi connectivity index (χ1n) is 6.34. The van der Waals surface area contributed by atoms with E-state index < -0.39 is 5.97 Å². The summed E-state index contributed by atoms with van der Waals surface area (Å²) in [4.78, 5) is 28.2. The molecule has 6 heteroatoms. The summed E-state index contributed by atoms with van der Waals surface area (Å²) in [6.45, 7) is 4.95. The molecule has 18 heavy (non-hydrogen) atoms. The molecule has 1 aliphatic heterocycles. The van der Waals surface area contributed by atoms with Gasteiger partial charge in [-0.3, -0.25) is 4.79 Å². The molecule has 1 atom stereocenters. The lowest BCUT2D eigenvalue weighted by molar-refractivity contribution is -0.137. The maximum Gasteiger partial charge on any atom is 0.319 e. The number of aliphatic carboxylic acids is 1. The predicted octanol–water partition coefficient (Wildman–Crippen LogP) is 0.539. The number of urea groups is 1. The van der Waals surface area contributed by atoms with Gasteiger partial charge in [-0.2, -0.15) is 0 Å². The van der Waals surface area contributed by atoms with Crippen molar-refractivity contribution in [3.05, 3.63) is 0 Å². The summed E-state index contributed by atoms with van der Waals surface area (Å²) in [7, 11) is 3.79. The summed E-state index contributed by atoms with van der Waals surface area (Å²) in [5.74, 6) is -0.816. The van der Waals surface area contributed by atoms with E-state index in [2.05, 4.69) is 18.9 Å². The van der Waals surface area contributed by atoms with Gasteiger partial charge >= 0.3 is 12.0 Å². The van der Waals surface area contributed by atoms with Gasteiger partial charge in [0.15, 0.2) is 0 Å². The number of hydrogen-bond acceptors (Lipinski definition) is 3. The standard InChI is InChI=1S/C12H23N3O3/c1-10-9-15(8-7-13(10)2)12(18)14(3)6-4-5-11(16)17/h10H,4-9H2,1-3H3,(H,16,17). The molecule has 0 bridgehead atoms. The van der Waals surface area contributed by atoms with Crippen molar-refractivity contribution in [3.63, 3.8) is 0 Å². The number of nitrogens with zero attached hydrogens (tertiary/aromatic N) is 3. The molecule has 1 heterocycles. The molecule has 1 aliphatic rings. The Labute approximate surface area is 108 Å². The van der Waals surface area contributed by atoms with Gasteiger partial charge in [0.1, 0.15) is 0 Å². The zero-order valence-electron chi connectivity index (χ0n) is 11.4. The van der Waals surface area contributed by atoms with Gasteiger partial charge in [-0.1, -0.05) is 0 Å². The smallest absolute Gasteiger partial charge is 0.319 e. The van der Waals surface area contributed by atoms with Crippen molar-refractivity contribution < 1.29 is 14.7 Å². The molecule has 0 aromatic heterocycles. The van der Waals surface area contributed by atoms with Crippen molar-refractivity contribution in [2.24, 2.45) is 0 Å². The molecule has 0 aromatic rings. The molecule has 0 radical (unpaired) electrons. The van der Waals surface area contributed by atoms with E-state index in [1.165, 1.54) is 0 Å². The Hall–Kier alpha value is -1.30. The zero-order valence-corrected chi connectivity index (χ0v) is 11.4. The fourth-order valence-electron chi connectivity index (χ4n) is 2.03.